The smallest absolute Gasteiger partial charge is 0.180 e. The summed E-state index contributed by atoms with van der Waals surface area (Å²) in [5.41, 5.74) is 7.11. The normalized spacial score (nSPS) is 19.7. The van der Waals surface area contributed by atoms with Crippen molar-refractivity contribution >= 4 is 39.5 Å². The number of carbonyl (C=O) groups is 1. The van der Waals surface area contributed by atoms with Gasteiger partial charge in [0.15, 0.2) is 11.6 Å². The van der Waals surface area contributed by atoms with E-state index in [4.69, 9.17) is 5.73 Å². The Hall–Kier alpha value is -2.81. The number of nitrogen functional groups attached to an aromatic ring is 1. The number of aliphatic hydroxyl groups excluding tert-OH is 1. The van der Waals surface area contributed by atoms with Crippen molar-refractivity contribution in [2.24, 2.45) is 4.40 Å². The molecule has 8 heteroatoms. The summed E-state index contributed by atoms with van der Waals surface area (Å²) < 4.78 is 25.5. The molecule has 0 amide bonds. The quantitative estimate of drug-likeness (QED) is 0.389. The molecule has 6 N–H and O–H groups in total. The van der Waals surface area contributed by atoms with Crippen LogP contribution in [0.1, 0.15) is 50.7 Å². The first-order chi connectivity index (χ1) is 14.7. The monoisotopic (exact) mass is 441 g/mol. The summed E-state index contributed by atoms with van der Waals surface area (Å²) in [6.45, 7) is 4.05. The predicted molar refractivity (Wildman–Crippen MR) is 126 cm³/mol. The summed E-state index contributed by atoms with van der Waals surface area (Å²) in [5.74, 6) is -0.498. The van der Waals surface area contributed by atoms with Gasteiger partial charge in [-0.2, -0.15) is 0 Å². The van der Waals surface area contributed by atoms with Crippen LogP contribution in [0, 0.1) is 0 Å². The van der Waals surface area contributed by atoms with Crippen molar-refractivity contribution in [1.82, 2.24) is 0 Å². The number of carbonyl (C=O) groups excluding carboxylic acids is 1. The Labute approximate surface area is 183 Å². The van der Waals surface area contributed by atoms with Gasteiger partial charge in [-0.15, -0.1) is 4.40 Å². The molecule has 0 saturated carbocycles. The molecule has 1 heterocycles. The lowest BCUT2D eigenvalue weighted by molar-refractivity contribution is -0.121. The third-order valence-corrected chi connectivity index (χ3v) is 7.32. The lowest BCUT2D eigenvalue weighted by atomic mass is 9.63. The van der Waals surface area contributed by atoms with E-state index in [-0.39, 0.29) is 27.8 Å². The molecule has 31 heavy (non-hydrogen) atoms. The SMILES string of the molecule is CCCC1(CCC)C(=O)C(C2=NS(O)(O)c3cc(N)ccc3N2)=C(O)c2ccccc21. The largest absolute Gasteiger partial charge is 0.506 e. The molecule has 1 aliphatic heterocycles. The van der Waals surface area contributed by atoms with Crippen molar-refractivity contribution in [2.45, 2.75) is 49.8 Å². The van der Waals surface area contributed by atoms with Gasteiger partial charge in [-0.1, -0.05) is 61.7 Å². The first kappa shape index (κ1) is 21.4. The van der Waals surface area contributed by atoms with Crippen LogP contribution in [0.2, 0.25) is 0 Å². The zero-order valence-corrected chi connectivity index (χ0v) is 18.4. The van der Waals surface area contributed by atoms with Gasteiger partial charge in [0, 0.05) is 11.3 Å². The number of fused-ring (bicyclic) bond motifs is 2. The lowest BCUT2D eigenvalue weighted by Gasteiger charge is -2.40. The molecule has 0 atom stereocenters. The van der Waals surface area contributed by atoms with Crippen molar-refractivity contribution in [3.63, 3.8) is 0 Å². The van der Waals surface area contributed by atoms with E-state index in [9.17, 15) is 19.0 Å². The van der Waals surface area contributed by atoms with Crippen LogP contribution >= 0.6 is 10.8 Å². The highest BCUT2D eigenvalue weighted by Gasteiger charge is 2.48. The maximum Gasteiger partial charge on any atom is 0.180 e. The Morgan fingerprint density at radius 2 is 1.77 bits per heavy atom. The van der Waals surface area contributed by atoms with Gasteiger partial charge in [0.25, 0.3) is 0 Å². The van der Waals surface area contributed by atoms with Gasteiger partial charge in [-0.25, -0.2) is 0 Å². The number of anilines is 2. The number of benzene rings is 2. The van der Waals surface area contributed by atoms with E-state index < -0.39 is 16.2 Å². The minimum atomic E-state index is -3.60. The van der Waals surface area contributed by atoms with Crippen molar-refractivity contribution < 1.29 is 19.0 Å². The van der Waals surface area contributed by atoms with Gasteiger partial charge in [-0.3, -0.25) is 13.9 Å². The summed E-state index contributed by atoms with van der Waals surface area (Å²) in [6.07, 6.45) is 2.80. The molecule has 0 saturated heterocycles. The molecule has 2 aromatic rings. The molecule has 0 aromatic heterocycles. The van der Waals surface area contributed by atoms with E-state index in [0.29, 0.717) is 29.8 Å². The van der Waals surface area contributed by atoms with E-state index in [0.717, 1.165) is 18.4 Å². The molecular formula is C23H27N3O4S. The van der Waals surface area contributed by atoms with Crippen LogP contribution < -0.4 is 11.1 Å². The van der Waals surface area contributed by atoms with Crippen molar-refractivity contribution in [3.05, 3.63) is 59.2 Å². The van der Waals surface area contributed by atoms with Gasteiger partial charge < -0.3 is 16.2 Å². The Morgan fingerprint density at radius 3 is 2.45 bits per heavy atom. The highest BCUT2D eigenvalue weighted by Crippen LogP contribution is 2.57. The maximum absolute atomic E-state index is 14.0. The summed E-state index contributed by atoms with van der Waals surface area (Å²) in [5, 5.41) is 14.2. The number of rotatable bonds is 5. The Morgan fingerprint density at radius 1 is 1.10 bits per heavy atom. The molecule has 7 nitrogen and oxygen atoms in total. The second-order valence-electron chi connectivity index (χ2n) is 8.02. The number of hydrogen-bond donors (Lipinski definition) is 5. The molecule has 2 aliphatic rings. The Kier molecular flexibility index (Phi) is 5.33. The van der Waals surface area contributed by atoms with E-state index in [2.05, 4.69) is 9.71 Å². The molecule has 2 aromatic carbocycles. The molecule has 164 valence electrons. The number of hydrogen-bond acceptors (Lipinski definition) is 7. The second kappa shape index (κ2) is 7.71. The summed E-state index contributed by atoms with van der Waals surface area (Å²) >= 11 is 0. The zero-order chi connectivity index (χ0) is 22.4. The first-order valence-corrected chi connectivity index (χ1v) is 11.9. The summed E-state index contributed by atoms with van der Waals surface area (Å²) in [7, 11) is -3.60. The van der Waals surface area contributed by atoms with E-state index >= 15 is 0 Å². The highest BCUT2D eigenvalue weighted by atomic mass is 32.3. The fraction of sp³-hybridized carbons (Fsp3) is 0.304. The second-order valence-corrected chi connectivity index (χ2v) is 9.68. The number of aliphatic hydroxyl groups is 1. The number of ketones is 1. The molecule has 4 rings (SSSR count). The topological polar surface area (TPSA) is 128 Å². The van der Waals surface area contributed by atoms with Crippen molar-refractivity contribution in [2.75, 3.05) is 11.1 Å². The van der Waals surface area contributed by atoms with Crippen LogP contribution in [0.25, 0.3) is 5.76 Å². The van der Waals surface area contributed by atoms with E-state index in [1.54, 1.807) is 18.2 Å². The maximum atomic E-state index is 14.0. The lowest BCUT2D eigenvalue weighted by Crippen LogP contribution is -2.44. The van der Waals surface area contributed by atoms with Crippen LogP contribution in [0.15, 0.2) is 57.3 Å². The molecule has 0 bridgehead atoms. The van der Waals surface area contributed by atoms with Gasteiger partial charge in [0.1, 0.15) is 16.2 Å². The predicted octanol–water partition coefficient (Wildman–Crippen LogP) is 5.51. The van der Waals surface area contributed by atoms with Gasteiger partial charge >= 0.3 is 0 Å². The van der Waals surface area contributed by atoms with Crippen LogP contribution in [0.4, 0.5) is 11.4 Å². The number of nitrogens with one attached hydrogen (secondary N) is 1. The van der Waals surface area contributed by atoms with Gasteiger partial charge in [0.05, 0.1) is 11.1 Å². The van der Waals surface area contributed by atoms with E-state index in [1.807, 2.05) is 32.0 Å². The number of nitrogens with zero attached hydrogens (tertiary/aromatic N) is 1. The van der Waals surface area contributed by atoms with Gasteiger partial charge in [-0.05, 0) is 36.6 Å². The van der Waals surface area contributed by atoms with Crippen molar-refractivity contribution in [3.8, 4) is 0 Å². The van der Waals surface area contributed by atoms with Gasteiger partial charge in [0.2, 0.25) is 0 Å². The minimum Gasteiger partial charge on any atom is -0.506 e. The highest BCUT2D eigenvalue weighted by molar-refractivity contribution is 8.23. The molecule has 0 unspecified atom stereocenters. The fourth-order valence-corrected chi connectivity index (χ4v) is 5.91. The fourth-order valence-electron chi connectivity index (χ4n) is 4.71. The van der Waals surface area contributed by atoms with Crippen LogP contribution in [-0.4, -0.2) is 25.8 Å². The number of Topliss-reactive ketones (excluding diaryl/α,β-unsaturated/α-hetero) is 1. The summed E-state index contributed by atoms with van der Waals surface area (Å²) in [4.78, 5) is 14.1. The first-order valence-electron chi connectivity index (χ1n) is 10.4. The van der Waals surface area contributed by atoms with Crippen LogP contribution in [-0.2, 0) is 10.2 Å². The van der Waals surface area contributed by atoms with Crippen molar-refractivity contribution in [1.29, 1.82) is 0 Å². The summed E-state index contributed by atoms with van der Waals surface area (Å²) in [6, 6.07) is 12.0. The zero-order valence-electron chi connectivity index (χ0n) is 17.6. The number of nitrogens with two attached hydrogens (primary N) is 1. The average molecular weight is 442 g/mol. The molecule has 1 aliphatic carbocycles. The van der Waals surface area contributed by atoms with Crippen LogP contribution in [0.3, 0.4) is 0 Å². The molecular weight excluding hydrogens is 414 g/mol. The minimum absolute atomic E-state index is 0.0111. The third kappa shape index (κ3) is 3.31. The third-order valence-electron chi connectivity index (χ3n) is 5.96. The Bertz CT molecular complexity index is 1120. The standard InChI is InChI=1S/C23H27N3O4S/c1-3-11-23(12-4-2)16-8-6-5-7-15(16)20(27)19(21(23)28)22-25-17-10-9-14(24)13-18(17)31(29,30)26-22/h5-10,13,27,29-30H,3-4,11-12,24H2,1-2H3,(H,25,26). The van der Waals surface area contributed by atoms with E-state index in [1.165, 1.54) is 6.07 Å². The molecule has 0 fully saturated rings. The number of amidine groups is 1. The molecule has 0 radical (unpaired) electrons. The molecule has 0 spiro atoms. The Balaban J connectivity index is 1.94. The average Bonchev–Trinajstić information content (AvgIpc) is 2.73. The van der Waals surface area contributed by atoms with Crippen LogP contribution in [0.5, 0.6) is 0 Å².